The van der Waals surface area contributed by atoms with Gasteiger partial charge in [0.15, 0.2) is 0 Å². The van der Waals surface area contributed by atoms with Crippen molar-refractivity contribution in [2.45, 2.75) is 45.2 Å². The Hall–Kier alpha value is -1.65. The average molecular weight is 415 g/mol. The van der Waals surface area contributed by atoms with Crippen molar-refractivity contribution in [3.63, 3.8) is 0 Å². The fraction of sp³-hybridized carbons (Fsp3) is 0.409. The van der Waals surface area contributed by atoms with Crippen molar-refractivity contribution in [1.82, 2.24) is 10.2 Å². The molecule has 3 rings (SSSR count). The third-order valence-electron chi connectivity index (χ3n) is 4.95. The molecule has 2 aromatic carbocycles. The Morgan fingerprint density at radius 3 is 2.38 bits per heavy atom. The van der Waals surface area contributed by atoms with Crippen molar-refractivity contribution in [3.05, 3.63) is 69.7 Å². The molecule has 1 saturated heterocycles. The van der Waals surface area contributed by atoms with Gasteiger partial charge >= 0.3 is 0 Å². The van der Waals surface area contributed by atoms with E-state index in [1.807, 2.05) is 18.2 Å². The van der Waals surface area contributed by atoms with Crippen LogP contribution in [0.15, 0.2) is 53.0 Å². The fourth-order valence-corrected chi connectivity index (χ4v) is 3.86. The minimum Gasteiger partial charge on any atom is -0.352 e. The SMILES string of the molecule is O=C(CCc1ccccc1Br)NCc1ccc(CN2CCCCC2)cc1. The highest BCUT2D eigenvalue weighted by Crippen LogP contribution is 2.17. The van der Waals surface area contributed by atoms with Crippen molar-refractivity contribution in [3.8, 4) is 0 Å². The van der Waals surface area contributed by atoms with Crippen molar-refractivity contribution in [2.75, 3.05) is 13.1 Å². The third-order valence-corrected chi connectivity index (χ3v) is 5.72. The summed E-state index contributed by atoms with van der Waals surface area (Å²) in [5.41, 5.74) is 3.68. The molecule has 3 nitrogen and oxygen atoms in total. The summed E-state index contributed by atoms with van der Waals surface area (Å²) >= 11 is 3.53. The molecule has 138 valence electrons. The second kappa shape index (κ2) is 9.89. The molecule has 0 bridgehead atoms. The Labute approximate surface area is 164 Å². The lowest BCUT2D eigenvalue weighted by atomic mass is 10.1. The second-order valence-corrected chi connectivity index (χ2v) is 7.88. The molecule has 0 aliphatic carbocycles. The summed E-state index contributed by atoms with van der Waals surface area (Å²) in [5.74, 6) is 0.0955. The van der Waals surface area contributed by atoms with Crippen LogP contribution >= 0.6 is 15.9 Å². The zero-order chi connectivity index (χ0) is 18.2. The largest absolute Gasteiger partial charge is 0.352 e. The lowest BCUT2D eigenvalue weighted by Gasteiger charge is -2.26. The summed E-state index contributed by atoms with van der Waals surface area (Å²) in [6, 6.07) is 16.7. The molecule has 0 aromatic heterocycles. The first-order valence-corrected chi connectivity index (χ1v) is 10.3. The third kappa shape index (κ3) is 5.96. The van der Waals surface area contributed by atoms with Crippen LogP contribution < -0.4 is 5.32 Å². The van der Waals surface area contributed by atoms with Crippen LogP contribution in [0.5, 0.6) is 0 Å². The summed E-state index contributed by atoms with van der Waals surface area (Å²) in [4.78, 5) is 14.6. The number of benzene rings is 2. The van der Waals surface area contributed by atoms with Gasteiger partial charge in [0.05, 0.1) is 0 Å². The molecule has 0 radical (unpaired) electrons. The lowest BCUT2D eigenvalue weighted by molar-refractivity contribution is -0.121. The van der Waals surface area contributed by atoms with Gasteiger partial charge in [-0.25, -0.2) is 0 Å². The number of carbonyl (C=O) groups excluding carboxylic acids is 1. The maximum Gasteiger partial charge on any atom is 0.220 e. The van der Waals surface area contributed by atoms with Gasteiger partial charge in [0.2, 0.25) is 5.91 Å². The maximum absolute atomic E-state index is 12.1. The molecule has 0 spiro atoms. The maximum atomic E-state index is 12.1. The van der Waals surface area contributed by atoms with E-state index < -0.39 is 0 Å². The molecule has 1 N–H and O–H groups in total. The van der Waals surface area contributed by atoms with Crippen LogP contribution in [0.25, 0.3) is 0 Å². The van der Waals surface area contributed by atoms with Gasteiger partial charge in [-0.05, 0) is 55.1 Å². The number of halogens is 1. The zero-order valence-corrected chi connectivity index (χ0v) is 16.8. The zero-order valence-electron chi connectivity index (χ0n) is 15.2. The van der Waals surface area contributed by atoms with E-state index in [9.17, 15) is 4.79 Å². The van der Waals surface area contributed by atoms with Gasteiger partial charge in [0, 0.05) is 24.0 Å². The summed E-state index contributed by atoms with van der Waals surface area (Å²) in [6.07, 6.45) is 5.28. The standard InChI is InChI=1S/C22H27BrN2O/c23-21-7-3-2-6-20(21)12-13-22(26)24-16-18-8-10-19(11-9-18)17-25-14-4-1-5-15-25/h2-3,6-11H,1,4-5,12-17H2,(H,24,26). The number of amides is 1. The molecule has 4 heteroatoms. The summed E-state index contributed by atoms with van der Waals surface area (Å²) in [5, 5.41) is 3.02. The molecule has 1 fully saturated rings. The molecule has 1 amide bonds. The lowest BCUT2D eigenvalue weighted by Crippen LogP contribution is -2.29. The predicted octanol–water partition coefficient (Wildman–Crippen LogP) is 4.68. The van der Waals surface area contributed by atoms with Gasteiger partial charge < -0.3 is 5.32 Å². The monoisotopic (exact) mass is 414 g/mol. The molecule has 0 atom stereocenters. The first-order valence-electron chi connectivity index (χ1n) is 9.51. The van der Waals surface area contributed by atoms with Gasteiger partial charge in [-0.15, -0.1) is 0 Å². The highest BCUT2D eigenvalue weighted by molar-refractivity contribution is 9.10. The van der Waals surface area contributed by atoms with Crippen LogP contribution in [0.1, 0.15) is 42.4 Å². The first kappa shape index (κ1) is 19.1. The average Bonchev–Trinajstić information content (AvgIpc) is 2.68. The quantitative estimate of drug-likeness (QED) is 0.712. The van der Waals surface area contributed by atoms with Crippen LogP contribution in [-0.4, -0.2) is 23.9 Å². The van der Waals surface area contributed by atoms with E-state index >= 15 is 0 Å². The number of hydrogen-bond donors (Lipinski definition) is 1. The van der Waals surface area contributed by atoms with Gasteiger partial charge in [-0.3, -0.25) is 9.69 Å². The Morgan fingerprint density at radius 1 is 0.962 bits per heavy atom. The van der Waals surface area contributed by atoms with E-state index in [-0.39, 0.29) is 5.91 Å². The van der Waals surface area contributed by atoms with Crippen LogP contribution in [0, 0.1) is 0 Å². The van der Waals surface area contributed by atoms with Crippen molar-refractivity contribution in [1.29, 1.82) is 0 Å². The predicted molar refractivity (Wildman–Crippen MR) is 110 cm³/mol. The Balaban J connectivity index is 1.41. The fourth-order valence-electron chi connectivity index (χ4n) is 3.38. The van der Waals surface area contributed by atoms with Gasteiger partial charge in [0.1, 0.15) is 0 Å². The number of piperidine rings is 1. The van der Waals surface area contributed by atoms with E-state index in [1.165, 1.54) is 43.5 Å². The molecule has 0 unspecified atom stereocenters. The normalized spacial score (nSPS) is 15.0. The van der Waals surface area contributed by atoms with Gasteiger partial charge in [-0.1, -0.05) is 64.8 Å². The number of rotatable bonds is 7. The Kier molecular flexibility index (Phi) is 7.27. The van der Waals surface area contributed by atoms with Crippen LogP contribution in [-0.2, 0) is 24.3 Å². The van der Waals surface area contributed by atoms with Gasteiger partial charge in [-0.2, -0.15) is 0 Å². The summed E-state index contributed by atoms with van der Waals surface area (Å²) in [7, 11) is 0. The van der Waals surface area contributed by atoms with Crippen LogP contribution in [0.2, 0.25) is 0 Å². The molecule has 1 aliphatic rings. The number of nitrogens with one attached hydrogen (secondary N) is 1. The molecular formula is C22H27BrN2O. The second-order valence-electron chi connectivity index (χ2n) is 7.02. The van der Waals surface area contributed by atoms with E-state index in [4.69, 9.17) is 0 Å². The van der Waals surface area contributed by atoms with Crippen molar-refractivity contribution >= 4 is 21.8 Å². The molecule has 1 heterocycles. The highest BCUT2D eigenvalue weighted by atomic mass is 79.9. The van der Waals surface area contributed by atoms with Crippen molar-refractivity contribution < 1.29 is 4.79 Å². The number of hydrogen-bond acceptors (Lipinski definition) is 2. The van der Waals surface area contributed by atoms with Crippen LogP contribution in [0.4, 0.5) is 0 Å². The Morgan fingerprint density at radius 2 is 1.65 bits per heavy atom. The number of nitrogens with zero attached hydrogens (tertiary/aromatic N) is 1. The highest BCUT2D eigenvalue weighted by Gasteiger charge is 2.10. The molecule has 0 saturated carbocycles. The van der Waals surface area contributed by atoms with E-state index in [0.717, 1.165) is 23.0 Å². The topological polar surface area (TPSA) is 32.3 Å². The van der Waals surface area contributed by atoms with E-state index in [2.05, 4.69) is 56.5 Å². The molecule has 1 aliphatic heterocycles. The van der Waals surface area contributed by atoms with Gasteiger partial charge in [0.25, 0.3) is 0 Å². The smallest absolute Gasteiger partial charge is 0.220 e. The number of carbonyl (C=O) groups is 1. The number of aryl methyl sites for hydroxylation is 1. The Bertz CT molecular complexity index is 708. The minimum atomic E-state index is 0.0955. The molecule has 26 heavy (non-hydrogen) atoms. The van der Waals surface area contributed by atoms with Crippen LogP contribution in [0.3, 0.4) is 0 Å². The number of likely N-dealkylation sites (tertiary alicyclic amines) is 1. The minimum absolute atomic E-state index is 0.0955. The van der Waals surface area contributed by atoms with Crippen molar-refractivity contribution in [2.24, 2.45) is 0 Å². The summed E-state index contributed by atoms with van der Waals surface area (Å²) < 4.78 is 1.07. The van der Waals surface area contributed by atoms with E-state index in [0.29, 0.717) is 13.0 Å². The molecule has 2 aromatic rings. The first-order chi connectivity index (χ1) is 12.7. The molecular weight excluding hydrogens is 388 g/mol. The van der Waals surface area contributed by atoms with E-state index in [1.54, 1.807) is 0 Å². The summed E-state index contributed by atoms with van der Waals surface area (Å²) in [6.45, 7) is 4.07.